The molecule has 0 bridgehead atoms. The SMILES string of the molecule is CCC(Sc1cc(OC)ccc1OC)C(=O)O. The van der Waals surface area contributed by atoms with E-state index in [0.29, 0.717) is 17.9 Å². The molecule has 1 atom stereocenters. The number of thioether (sulfide) groups is 1. The zero-order chi connectivity index (χ0) is 12.8. The Morgan fingerprint density at radius 2 is 2.12 bits per heavy atom. The van der Waals surface area contributed by atoms with Gasteiger partial charge in [-0.3, -0.25) is 4.79 Å². The maximum Gasteiger partial charge on any atom is 0.316 e. The van der Waals surface area contributed by atoms with Gasteiger partial charge in [0, 0.05) is 0 Å². The highest BCUT2D eigenvalue weighted by Crippen LogP contribution is 2.36. The maximum absolute atomic E-state index is 11.0. The topological polar surface area (TPSA) is 55.8 Å². The molecule has 0 saturated carbocycles. The van der Waals surface area contributed by atoms with Crippen molar-refractivity contribution in [3.8, 4) is 11.5 Å². The third kappa shape index (κ3) is 3.56. The molecule has 1 unspecified atom stereocenters. The molecular formula is C12H16O4S. The van der Waals surface area contributed by atoms with Crippen LogP contribution in [0.15, 0.2) is 23.1 Å². The van der Waals surface area contributed by atoms with Crippen LogP contribution >= 0.6 is 11.8 Å². The van der Waals surface area contributed by atoms with Crippen LogP contribution < -0.4 is 9.47 Å². The van der Waals surface area contributed by atoms with Gasteiger partial charge in [0.2, 0.25) is 0 Å². The van der Waals surface area contributed by atoms with E-state index < -0.39 is 11.2 Å². The number of methoxy groups -OCH3 is 2. The Kier molecular flexibility index (Phi) is 5.15. The molecule has 0 radical (unpaired) electrons. The standard InChI is InChI=1S/C12H16O4S/c1-4-10(12(13)14)17-11-7-8(15-2)5-6-9(11)16-3/h5-7,10H,4H2,1-3H3,(H,13,14). The second kappa shape index (κ2) is 6.39. The molecule has 94 valence electrons. The van der Waals surface area contributed by atoms with E-state index in [1.807, 2.05) is 6.92 Å². The zero-order valence-electron chi connectivity index (χ0n) is 10.1. The third-order valence-corrected chi connectivity index (χ3v) is 3.68. The minimum Gasteiger partial charge on any atom is -0.497 e. The van der Waals surface area contributed by atoms with Crippen molar-refractivity contribution < 1.29 is 19.4 Å². The number of carbonyl (C=O) groups is 1. The summed E-state index contributed by atoms with van der Waals surface area (Å²) in [6, 6.07) is 5.34. The normalized spacial score (nSPS) is 11.9. The van der Waals surface area contributed by atoms with Crippen LogP contribution in [0.25, 0.3) is 0 Å². The van der Waals surface area contributed by atoms with Crippen LogP contribution in [0.3, 0.4) is 0 Å². The number of aliphatic carboxylic acids is 1. The Balaban J connectivity index is 2.97. The average molecular weight is 256 g/mol. The summed E-state index contributed by atoms with van der Waals surface area (Å²) in [4.78, 5) is 11.8. The highest BCUT2D eigenvalue weighted by molar-refractivity contribution is 8.00. The largest absolute Gasteiger partial charge is 0.497 e. The molecule has 0 aliphatic rings. The molecule has 0 amide bonds. The molecule has 1 aromatic carbocycles. The Morgan fingerprint density at radius 3 is 2.59 bits per heavy atom. The van der Waals surface area contributed by atoms with Gasteiger partial charge in [-0.2, -0.15) is 0 Å². The molecule has 5 heteroatoms. The number of hydrogen-bond donors (Lipinski definition) is 1. The molecule has 17 heavy (non-hydrogen) atoms. The molecule has 0 saturated heterocycles. The van der Waals surface area contributed by atoms with E-state index in [1.54, 1.807) is 32.4 Å². The Labute approximate surface area is 105 Å². The van der Waals surface area contributed by atoms with Gasteiger partial charge in [0.15, 0.2) is 0 Å². The lowest BCUT2D eigenvalue weighted by molar-refractivity contribution is -0.136. The van der Waals surface area contributed by atoms with E-state index in [1.165, 1.54) is 11.8 Å². The minimum atomic E-state index is -0.817. The van der Waals surface area contributed by atoms with Crippen molar-refractivity contribution in [3.05, 3.63) is 18.2 Å². The fourth-order valence-electron chi connectivity index (χ4n) is 1.34. The lowest BCUT2D eigenvalue weighted by Gasteiger charge is -2.13. The first kappa shape index (κ1) is 13.7. The van der Waals surface area contributed by atoms with Gasteiger partial charge in [0.05, 0.1) is 19.1 Å². The van der Waals surface area contributed by atoms with E-state index in [9.17, 15) is 4.79 Å². The lowest BCUT2D eigenvalue weighted by atomic mass is 10.3. The van der Waals surface area contributed by atoms with Gasteiger partial charge >= 0.3 is 5.97 Å². The summed E-state index contributed by atoms with van der Waals surface area (Å²) in [6.07, 6.45) is 0.556. The number of rotatable bonds is 6. The number of hydrogen-bond acceptors (Lipinski definition) is 4. The van der Waals surface area contributed by atoms with Crippen LogP contribution in [0.1, 0.15) is 13.3 Å². The second-order valence-corrected chi connectivity index (χ2v) is 4.61. The number of carboxylic acid groups (broad SMARTS) is 1. The van der Waals surface area contributed by atoms with Gasteiger partial charge in [-0.05, 0) is 24.6 Å². The molecule has 0 aliphatic heterocycles. The van der Waals surface area contributed by atoms with Crippen LogP contribution in [-0.4, -0.2) is 30.5 Å². The van der Waals surface area contributed by atoms with Crippen molar-refractivity contribution in [3.63, 3.8) is 0 Å². The summed E-state index contributed by atoms with van der Waals surface area (Å²) in [6.45, 7) is 1.85. The van der Waals surface area contributed by atoms with Gasteiger partial charge in [-0.1, -0.05) is 6.92 Å². The summed E-state index contributed by atoms with van der Waals surface area (Å²) in [5.41, 5.74) is 0. The second-order valence-electron chi connectivity index (χ2n) is 3.37. The maximum atomic E-state index is 11.0. The molecule has 1 N–H and O–H groups in total. The van der Waals surface area contributed by atoms with Crippen molar-refractivity contribution in [1.82, 2.24) is 0 Å². The van der Waals surface area contributed by atoms with Crippen LogP contribution in [-0.2, 0) is 4.79 Å². The van der Waals surface area contributed by atoms with Gasteiger partial charge < -0.3 is 14.6 Å². The van der Waals surface area contributed by atoms with Gasteiger partial charge in [-0.25, -0.2) is 0 Å². The van der Waals surface area contributed by atoms with E-state index in [4.69, 9.17) is 14.6 Å². The first-order chi connectivity index (χ1) is 8.12. The van der Waals surface area contributed by atoms with Gasteiger partial charge in [-0.15, -0.1) is 11.8 Å². The molecule has 0 aromatic heterocycles. The summed E-state index contributed by atoms with van der Waals surface area (Å²) in [5.74, 6) is 0.534. The summed E-state index contributed by atoms with van der Waals surface area (Å²) in [5, 5.41) is 8.56. The zero-order valence-corrected chi connectivity index (χ0v) is 10.9. The summed E-state index contributed by atoms with van der Waals surface area (Å²) in [7, 11) is 3.14. The molecular weight excluding hydrogens is 240 g/mol. The number of carboxylic acids is 1. The molecule has 0 spiro atoms. The van der Waals surface area contributed by atoms with E-state index in [2.05, 4.69) is 0 Å². The van der Waals surface area contributed by atoms with Crippen LogP contribution in [0.5, 0.6) is 11.5 Å². The fourth-order valence-corrected chi connectivity index (χ4v) is 2.36. The highest BCUT2D eigenvalue weighted by Gasteiger charge is 2.19. The highest BCUT2D eigenvalue weighted by atomic mass is 32.2. The summed E-state index contributed by atoms with van der Waals surface area (Å²) < 4.78 is 10.3. The van der Waals surface area contributed by atoms with E-state index in [-0.39, 0.29) is 0 Å². The summed E-state index contributed by atoms with van der Waals surface area (Å²) >= 11 is 1.27. The Bertz CT molecular complexity index is 392. The predicted octanol–water partition coefficient (Wildman–Crippen LogP) is 2.66. The van der Waals surface area contributed by atoms with Crippen molar-refractivity contribution >= 4 is 17.7 Å². The average Bonchev–Trinajstić information content (AvgIpc) is 2.35. The Morgan fingerprint density at radius 1 is 1.41 bits per heavy atom. The molecule has 4 nitrogen and oxygen atoms in total. The van der Waals surface area contributed by atoms with E-state index >= 15 is 0 Å². The van der Waals surface area contributed by atoms with Crippen LogP contribution in [0.4, 0.5) is 0 Å². The molecule has 0 fully saturated rings. The van der Waals surface area contributed by atoms with Crippen LogP contribution in [0.2, 0.25) is 0 Å². The number of benzene rings is 1. The quantitative estimate of drug-likeness (QED) is 0.793. The fraction of sp³-hybridized carbons (Fsp3) is 0.417. The van der Waals surface area contributed by atoms with Gasteiger partial charge in [0.1, 0.15) is 16.7 Å². The van der Waals surface area contributed by atoms with Crippen molar-refractivity contribution in [2.24, 2.45) is 0 Å². The van der Waals surface area contributed by atoms with Crippen molar-refractivity contribution in [2.45, 2.75) is 23.5 Å². The molecule has 0 heterocycles. The predicted molar refractivity (Wildman–Crippen MR) is 67.1 cm³/mol. The first-order valence-corrected chi connectivity index (χ1v) is 6.11. The minimum absolute atomic E-state index is 0.476. The third-order valence-electron chi connectivity index (χ3n) is 2.29. The molecule has 1 rings (SSSR count). The van der Waals surface area contributed by atoms with Crippen molar-refractivity contribution in [1.29, 1.82) is 0 Å². The smallest absolute Gasteiger partial charge is 0.316 e. The Hall–Kier alpha value is -1.36. The first-order valence-electron chi connectivity index (χ1n) is 5.23. The van der Waals surface area contributed by atoms with Crippen LogP contribution in [0, 0.1) is 0 Å². The number of ether oxygens (including phenoxy) is 2. The molecule has 1 aromatic rings. The molecule has 0 aliphatic carbocycles. The lowest BCUT2D eigenvalue weighted by Crippen LogP contribution is -2.14. The van der Waals surface area contributed by atoms with Gasteiger partial charge in [0.25, 0.3) is 0 Å². The van der Waals surface area contributed by atoms with Crippen molar-refractivity contribution in [2.75, 3.05) is 14.2 Å². The monoisotopic (exact) mass is 256 g/mol. The van der Waals surface area contributed by atoms with E-state index in [0.717, 1.165) is 4.90 Å².